The van der Waals surface area contributed by atoms with Gasteiger partial charge in [-0.3, -0.25) is 0 Å². The molecule has 0 aromatic heterocycles. The van der Waals surface area contributed by atoms with E-state index in [1.54, 1.807) is 7.11 Å². The molecule has 0 aliphatic carbocycles. The van der Waals surface area contributed by atoms with Gasteiger partial charge >= 0.3 is 0 Å². The quantitative estimate of drug-likeness (QED) is 0.892. The highest BCUT2D eigenvalue weighted by Crippen LogP contribution is 2.28. The van der Waals surface area contributed by atoms with Gasteiger partial charge in [-0.15, -0.1) is 0 Å². The Hall–Kier alpha value is -0.590. The minimum Gasteiger partial charge on any atom is -0.497 e. The van der Waals surface area contributed by atoms with E-state index in [9.17, 15) is 13.5 Å². The average molecular weight is 363 g/mol. The molecule has 1 aliphatic heterocycles. The van der Waals surface area contributed by atoms with Gasteiger partial charge < -0.3 is 9.84 Å². The summed E-state index contributed by atoms with van der Waals surface area (Å²) in [6.07, 6.45) is 1.55. The minimum absolute atomic E-state index is 0.188. The molecule has 0 spiro atoms. The Morgan fingerprint density at radius 2 is 2.20 bits per heavy atom. The molecule has 112 valence electrons. The van der Waals surface area contributed by atoms with E-state index in [0.717, 1.165) is 16.5 Å². The van der Waals surface area contributed by atoms with Gasteiger partial charge in [0.1, 0.15) is 5.75 Å². The van der Waals surface area contributed by atoms with Crippen LogP contribution in [-0.4, -0.2) is 37.7 Å². The van der Waals surface area contributed by atoms with Gasteiger partial charge in [0.2, 0.25) is 0 Å². The number of aliphatic hydroxyl groups is 1. The summed E-state index contributed by atoms with van der Waals surface area (Å²) in [5, 5.41) is 9.67. The van der Waals surface area contributed by atoms with Gasteiger partial charge in [-0.2, -0.15) is 0 Å². The van der Waals surface area contributed by atoms with Crippen LogP contribution in [0.15, 0.2) is 22.7 Å². The number of halogens is 1. The maximum absolute atomic E-state index is 12.0. The Kier molecular flexibility index (Phi) is 5.09. The smallest absolute Gasteiger partial charge is 0.155 e. The van der Waals surface area contributed by atoms with Crippen molar-refractivity contribution in [2.24, 2.45) is 0 Å². The summed E-state index contributed by atoms with van der Waals surface area (Å²) in [5.74, 6) is 0.885. The van der Waals surface area contributed by atoms with Crippen LogP contribution in [0.3, 0.4) is 0 Å². The third-order valence-corrected chi connectivity index (χ3v) is 6.84. The number of aliphatic hydroxyl groups excluding tert-OH is 1. The summed E-state index contributed by atoms with van der Waals surface area (Å²) in [4.78, 5) is 0. The lowest BCUT2D eigenvalue weighted by atomic mass is 10.0. The predicted octanol–water partition coefficient (Wildman–Crippen LogP) is 2.33. The van der Waals surface area contributed by atoms with Crippen LogP contribution in [-0.2, 0) is 16.3 Å². The highest BCUT2D eigenvalue weighted by Gasteiger charge is 2.34. The average Bonchev–Trinajstić information content (AvgIpc) is 2.40. The molecule has 1 N–H and O–H groups in total. The van der Waals surface area contributed by atoms with Crippen LogP contribution < -0.4 is 4.74 Å². The van der Waals surface area contributed by atoms with Gasteiger partial charge in [-0.25, -0.2) is 8.42 Å². The molecule has 1 heterocycles. The SMILES string of the molecule is COc1ccc(Br)c(CC(O)C2CCCCS2(=O)=O)c1. The van der Waals surface area contributed by atoms with E-state index < -0.39 is 21.2 Å². The first-order valence-electron chi connectivity index (χ1n) is 6.66. The summed E-state index contributed by atoms with van der Waals surface area (Å²) in [7, 11) is -1.59. The Labute approximate surface area is 128 Å². The number of ether oxygens (including phenoxy) is 1. The van der Waals surface area contributed by atoms with Crippen molar-refractivity contribution in [3.63, 3.8) is 0 Å². The summed E-state index contributed by atoms with van der Waals surface area (Å²) >= 11 is 3.42. The zero-order valence-corrected chi connectivity index (χ0v) is 13.8. The number of sulfone groups is 1. The number of methoxy groups -OCH3 is 1. The molecule has 6 heteroatoms. The molecule has 2 atom stereocenters. The van der Waals surface area contributed by atoms with E-state index in [1.807, 2.05) is 18.2 Å². The molecule has 0 radical (unpaired) electrons. The third kappa shape index (κ3) is 3.54. The largest absolute Gasteiger partial charge is 0.497 e. The topological polar surface area (TPSA) is 63.6 Å². The molecule has 1 aromatic rings. The second-order valence-corrected chi connectivity index (χ2v) is 8.32. The fourth-order valence-electron chi connectivity index (χ4n) is 2.60. The van der Waals surface area contributed by atoms with Crippen molar-refractivity contribution in [2.75, 3.05) is 12.9 Å². The molecule has 1 aliphatic rings. The summed E-state index contributed by atoms with van der Waals surface area (Å²) in [6.45, 7) is 0. The van der Waals surface area contributed by atoms with Gasteiger partial charge in [-0.05, 0) is 36.6 Å². The minimum atomic E-state index is -3.17. The second-order valence-electron chi connectivity index (χ2n) is 5.13. The molecular formula is C14H19BrO4S. The van der Waals surface area contributed by atoms with Crippen molar-refractivity contribution >= 4 is 25.8 Å². The lowest BCUT2D eigenvalue weighted by Crippen LogP contribution is -2.39. The normalized spacial score (nSPS) is 23.2. The highest BCUT2D eigenvalue weighted by atomic mass is 79.9. The van der Waals surface area contributed by atoms with Crippen LogP contribution >= 0.6 is 15.9 Å². The summed E-state index contributed by atoms with van der Waals surface area (Å²) < 4.78 is 30.1. The van der Waals surface area contributed by atoms with Crippen LogP contribution in [0.5, 0.6) is 5.75 Å². The fraction of sp³-hybridized carbons (Fsp3) is 0.571. The number of rotatable bonds is 4. The zero-order chi connectivity index (χ0) is 14.8. The third-order valence-electron chi connectivity index (χ3n) is 3.74. The number of benzene rings is 1. The molecule has 2 unspecified atom stereocenters. The molecule has 2 rings (SSSR count). The maximum Gasteiger partial charge on any atom is 0.155 e. The Morgan fingerprint density at radius 3 is 2.85 bits per heavy atom. The Bertz CT molecular complexity index is 571. The van der Waals surface area contributed by atoms with E-state index in [1.165, 1.54) is 0 Å². The van der Waals surface area contributed by atoms with E-state index >= 15 is 0 Å². The second kappa shape index (κ2) is 6.45. The van der Waals surface area contributed by atoms with Crippen LogP contribution in [0.25, 0.3) is 0 Å². The summed E-state index contributed by atoms with van der Waals surface area (Å²) in [5.41, 5.74) is 0.859. The molecule has 0 amide bonds. The Morgan fingerprint density at radius 1 is 1.45 bits per heavy atom. The molecular weight excluding hydrogens is 344 g/mol. The van der Waals surface area contributed by atoms with Crippen molar-refractivity contribution in [1.29, 1.82) is 0 Å². The maximum atomic E-state index is 12.0. The van der Waals surface area contributed by atoms with Gasteiger partial charge in [0.25, 0.3) is 0 Å². The van der Waals surface area contributed by atoms with E-state index in [0.29, 0.717) is 25.0 Å². The first-order valence-corrected chi connectivity index (χ1v) is 9.17. The molecule has 0 bridgehead atoms. The van der Waals surface area contributed by atoms with E-state index in [4.69, 9.17) is 4.74 Å². The van der Waals surface area contributed by atoms with Crippen LogP contribution in [0.2, 0.25) is 0 Å². The molecule has 1 fully saturated rings. The number of hydrogen-bond acceptors (Lipinski definition) is 4. The van der Waals surface area contributed by atoms with Crippen molar-refractivity contribution in [3.8, 4) is 5.75 Å². The van der Waals surface area contributed by atoms with Crippen LogP contribution in [0.4, 0.5) is 0 Å². The lowest BCUT2D eigenvalue weighted by Gasteiger charge is -2.27. The molecule has 20 heavy (non-hydrogen) atoms. The molecule has 0 saturated carbocycles. The lowest BCUT2D eigenvalue weighted by molar-refractivity contribution is 0.161. The van der Waals surface area contributed by atoms with Gasteiger partial charge in [0, 0.05) is 10.9 Å². The standard InChI is InChI=1S/C14H19BrO4S/c1-19-11-5-6-12(15)10(8-11)9-13(16)14-4-2-3-7-20(14,17)18/h5-6,8,13-14,16H,2-4,7,9H2,1H3. The van der Waals surface area contributed by atoms with Crippen molar-refractivity contribution in [1.82, 2.24) is 0 Å². The first-order chi connectivity index (χ1) is 9.44. The van der Waals surface area contributed by atoms with E-state index in [-0.39, 0.29) is 5.75 Å². The molecule has 1 saturated heterocycles. The van der Waals surface area contributed by atoms with Crippen LogP contribution in [0, 0.1) is 0 Å². The van der Waals surface area contributed by atoms with Gasteiger partial charge in [-0.1, -0.05) is 22.4 Å². The van der Waals surface area contributed by atoms with Crippen LogP contribution in [0.1, 0.15) is 24.8 Å². The first kappa shape index (κ1) is 15.8. The summed E-state index contributed by atoms with van der Waals surface area (Å²) in [6, 6.07) is 5.48. The highest BCUT2D eigenvalue weighted by molar-refractivity contribution is 9.10. The van der Waals surface area contributed by atoms with Gasteiger partial charge in [0.15, 0.2) is 9.84 Å². The van der Waals surface area contributed by atoms with Gasteiger partial charge in [0.05, 0.1) is 24.2 Å². The molecule has 4 nitrogen and oxygen atoms in total. The van der Waals surface area contributed by atoms with Crippen molar-refractivity contribution in [2.45, 2.75) is 37.0 Å². The van der Waals surface area contributed by atoms with E-state index in [2.05, 4.69) is 15.9 Å². The zero-order valence-electron chi connectivity index (χ0n) is 11.4. The number of hydrogen-bond donors (Lipinski definition) is 1. The fourth-order valence-corrected chi connectivity index (χ4v) is 5.02. The van der Waals surface area contributed by atoms with Crippen molar-refractivity contribution in [3.05, 3.63) is 28.2 Å². The predicted molar refractivity (Wildman–Crippen MR) is 81.8 cm³/mol. The Balaban J connectivity index is 2.17. The monoisotopic (exact) mass is 362 g/mol. The van der Waals surface area contributed by atoms with Crippen molar-refractivity contribution < 1.29 is 18.3 Å². The molecule has 1 aromatic carbocycles.